The molecular formula is C19H19F2N3O2. The first-order valence-electron chi connectivity index (χ1n) is 8.26. The van der Waals surface area contributed by atoms with Gasteiger partial charge in [-0.1, -0.05) is 5.92 Å². The molecule has 1 fully saturated rings. The quantitative estimate of drug-likeness (QED) is 0.611. The molecule has 1 aliphatic rings. The van der Waals surface area contributed by atoms with Crippen LogP contribution in [0.15, 0.2) is 18.6 Å². The number of rotatable bonds is 2. The van der Waals surface area contributed by atoms with E-state index >= 15 is 0 Å². The molecule has 0 radical (unpaired) electrons. The molecule has 1 aromatic carbocycles. The lowest BCUT2D eigenvalue weighted by Crippen LogP contribution is -2.46. The monoisotopic (exact) mass is 359 g/mol. The zero-order valence-corrected chi connectivity index (χ0v) is 14.8. The number of benzene rings is 1. The van der Waals surface area contributed by atoms with E-state index in [-0.39, 0.29) is 29.0 Å². The van der Waals surface area contributed by atoms with Crippen LogP contribution in [-0.2, 0) is 11.8 Å². The highest BCUT2D eigenvalue weighted by atomic mass is 19.2. The molecule has 136 valence electrons. The summed E-state index contributed by atoms with van der Waals surface area (Å²) < 4.78 is 36.6. The van der Waals surface area contributed by atoms with Crippen molar-refractivity contribution < 1.29 is 18.3 Å². The molecule has 0 unspecified atom stereocenters. The van der Waals surface area contributed by atoms with Gasteiger partial charge in [0.1, 0.15) is 5.69 Å². The van der Waals surface area contributed by atoms with Gasteiger partial charge in [0.15, 0.2) is 17.9 Å². The fourth-order valence-corrected chi connectivity index (χ4v) is 3.11. The maximum Gasteiger partial charge on any atom is 0.184 e. The highest BCUT2D eigenvalue weighted by Crippen LogP contribution is 2.30. The second-order valence-electron chi connectivity index (χ2n) is 6.44. The van der Waals surface area contributed by atoms with Crippen LogP contribution < -0.4 is 4.90 Å². The number of carbonyl (C=O) groups is 1. The van der Waals surface area contributed by atoms with Crippen molar-refractivity contribution in [2.45, 2.75) is 26.1 Å². The van der Waals surface area contributed by atoms with E-state index in [1.165, 1.54) is 6.07 Å². The lowest BCUT2D eigenvalue weighted by atomic mass is 10.0. The maximum absolute atomic E-state index is 14.8. The average molecular weight is 359 g/mol. The van der Waals surface area contributed by atoms with Crippen molar-refractivity contribution in [3.8, 4) is 11.8 Å². The Balaban J connectivity index is 2.02. The van der Waals surface area contributed by atoms with Gasteiger partial charge in [-0.3, -0.25) is 4.79 Å². The number of anilines is 1. The number of morpholine rings is 1. The predicted molar refractivity (Wildman–Crippen MR) is 93.2 cm³/mol. The molecule has 0 saturated carbocycles. The number of nitrogens with zero attached hydrogens (tertiary/aromatic N) is 3. The SMILES string of the molecule is C[C@@H]1CN(c2c(C=O)cc(C#Cc3cn(C)cn3)c(F)c2F)C[C@H](C)O1. The molecular weight excluding hydrogens is 340 g/mol. The molecule has 1 aliphatic heterocycles. The minimum absolute atomic E-state index is 0.0390. The van der Waals surface area contributed by atoms with E-state index < -0.39 is 11.6 Å². The molecule has 0 spiro atoms. The van der Waals surface area contributed by atoms with Gasteiger partial charge < -0.3 is 14.2 Å². The fraction of sp³-hybridized carbons (Fsp3) is 0.368. The molecule has 26 heavy (non-hydrogen) atoms. The summed E-state index contributed by atoms with van der Waals surface area (Å²) >= 11 is 0. The molecule has 2 aromatic rings. The van der Waals surface area contributed by atoms with E-state index in [2.05, 4.69) is 16.8 Å². The third kappa shape index (κ3) is 3.60. The molecule has 2 heterocycles. The molecule has 0 N–H and O–H groups in total. The molecule has 0 bridgehead atoms. The largest absolute Gasteiger partial charge is 0.372 e. The topological polar surface area (TPSA) is 47.4 Å². The highest BCUT2D eigenvalue weighted by molar-refractivity contribution is 5.86. The fourth-order valence-electron chi connectivity index (χ4n) is 3.11. The first kappa shape index (κ1) is 18.1. The summed E-state index contributed by atoms with van der Waals surface area (Å²) in [6.07, 6.45) is 3.44. The van der Waals surface area contributed by atoms with Crippen LogP contribution >= 0.6 is 0 Å². The second kappa shape index (κ2) is 7.26. The smallest absolute Gasteiger partial charge is 0.184 e. The molecule has 1 saturated heterocycles. The van der Waals surface area contributed by atoms with Crippen molar-refractivity contribution >= 4 is 12.0 Å². The van der Waals surface area contributed by atoms with Crippen molar-refractivity contribution in [3.05, 3.63) is 47.0 Å². The number of hydrogen-bond acceptors (Lipinski definition) is 4. The van der Waals surface area contributed by atoms with E-state index in [9.17, 15) is 13.6 Å². The normalized spacial score (nSPS) is 19.8. The number of aryl methyl sites for hydroxylation is 1. The third-order valence-corrected chi connectivity index (χ3v) is 4.10. The average Bonchev–Trinajstić information content (AvgIpc) is 3.00. The zero-order chi connectivity index (χ0) is 18.8. The summed E-state index contributed by atoms with van der Waals surface area (Å²) in [5, 5.41) is 0. The molecule has 3 rings (SSSR count). The molecule has 0 aliphatic carbocycles. The van der Waals surface area contributed by atoms with Gasteiger partial charge in [0.25, 0.3) is 0 Å². The first-order valence-corrected chi connectivity index (χ1v) is 8.26. The Morgan fingerprint density at radius 2 is 1.92 bits per heavy atom. The summed E-state index contributed by atoms with van der Waals surface area (Å²) in [6, 6.07) is 1.28. The molecule has 7 heteroatoms. The van der Waals surface area contributed by atoms with Gasteiger partial charge in [0.2, 0.25) is 0 Å². The third-order valence-electron chi connectivity index (χ3n) is 4.10. The lowest BCUT2D eigenvalue weighted by molar-refractivity contribution is -0.00547. The lowest BCUT2D eigenvalue weighted by Gasteiger charge is -2.37. The Bertz CT molecular complexity index is 888. The summed E-state index contributed by atoms with van der Waals surface area (Å²) in [4.78, 5) is 17.2. The minimum Gasteiger partial charge on any atom is -0.372 e. The minimum atomic E-state index is -1.07. The Morgan fingerprint density at radius 1 is 1.23 bits per heavy atom. The van der Waals surface area contributed by atoms with Crippen molar-refractivity contribution in [3.63, 3.8) is 0 Å². The summed E-state index contributed by atoms with van der Waals surface area (Å²) in [7, 11) is 1.78. The van der Waals surface area contributed by atoms with Gasteiger partial charge >= 0.3 is 0 Å². The predicted octanol–water partition coefficient (Wildman–Crippen LogP) is 2.52. The maximum atomic E-state index is 14.8. The zero-order valence-electron chi connectivity index (χ0n) is 14.8. The number of ether oxygens (including phenoxy) is 1. The van der Waals surface area contributed by atoms with Crippen molar-refractivity contribution in [2.24, 2.45) is 7.05 Å². The number of imidazole rings is 1. The van der Waals surface area contributed by atoms with E-state index in [1.54, 1.807) is 29.0 Å². The number of hydrogen-bond donors (Lipinski definition) is 0. The van der Waals surface area contributed by atoms with Crippen LogP contribution in [0.1, 0.15) is 35.5 Å². The number of halogens is 2. The van der Waals surface area contributed by atoms with Crippen molar-refractivity contribution in [2.75, 3.05) is 18.0 Å². The van der Waals surface area contributed by atoms with E-state index in [0.717, 1.165) is 0 Å². The standard InChI is InChI=1S/C19H19F2N3O2/c1-12-7-24(8-13(2)26-12)19-15(10-25)6-14(17(20)18(19)21)4-5-16-9-23(3)11-22-16/h6,9-13H,7-8H2,1-3H3/t12-,13+. The molecule has 5 nitrogen and oxygen atoms in total. The van der Waals surface area contributed by atoms with Crippen LogP contribution in [0.2, 0.25) is 0 Å². The van der Waals surface area contributed by atoms with Gasteiger partial charge in [0, 0.05) is 31.9 Å². The van der Waals surface area contributed by atoms with Crippen molar-refractivity contribution in [1.82, 2.24) is 9.55 Å². The highest BCUT2D eigenvalue weighted by Gasteiger charge is 2.28. The second-order valence-corrected chi connectivity index (χ2v) is 6.44. The summed E-state index contributed by atoms with van der Waals surface area (Å²) in [5.74, 6) is 3.10. The first-order chi connectivity index (χ1) is 12.4. The van der Waals surface area contributed by atoms with Gasteiger partial charge in [-0.25, -0.2) is 13.8 Å². The van der Waals surface area contributed by atoms with Crippen molar-refractivity contribution in [1.29, 1.82) is 0 Å². The Labute approximate surface area is 150 Å². The van der Waals surface area contributed by atoms with Crippen LogP contribution in [0.3, 0.4) is 0 Å². The number of aldehydes is 1. The van der Waals surface area contributed by atoms with Gasteiger partial charge in [-0.05, 0) is 25.8 Å². The number of aromatic nitrogens is 2. The van der Waals surface area contributed by atoms with Crippen LogP contribution in [0.25, 0.3) is 0 Å². The van der Waals surface area contributed by atoms with Gasteiger partial charge in [-0.2, -0.15) is 0 Å². The van der Waals surface area contributed by atoms with Gasteiger partial charge in [0.05, 0.1) is 29.8 Å². The van der Waals surface area contributed by atoms with E-state index in [0.29, 0.717) is 25.1 Å². The Hall–Kier alpha value is -2.72. The summed E-state index contributed by atoms with van der Waals surface area (Å²) in [6.45, 7) is 4.45. The van der Waals surface area contributed by atoms with E-state index in [4.69, 9.17) is 4.74 Å². The Kier molecular flexibility index (Phi) is 5.05. The van der Waals surface area contributed by atoms with Crippen LogP contribution in [0, 0.1) is 23.5 Å². The molecule has 2 atom stereocenters. The molecule has 1 aromatic heterocycles. The Morgan fingerprint density at radius 3 is 2.50 bits per heavy atom. The van der Waals surface area contributed by atoms with Crippen LogP contribution in [0.5, 0.6) is 0 Å². The van der Waals surface area contributed by atoms with Crippen LogP contribution in [0.4, 0.5) is 14.5 Å². The van der Waals surface area contributed by atoms with Crippen LogP contribution in [-0.4, -0.2) is 41.1 Å². The van der Waals surface area contributed by atoms with Gasteiger partial charge in [-0.15, -0.1) is 0 Å². The summed E-state index contributed by atoms with van der Waals surface area (Å²) in [5.41, 5.74) is 0.284. The number of carbonyl (C=O) groups excluding carboxylic acids is 1. The van der Waals surface area contributed by atoms with E-state index in [1.807, 2.05) is 13.8 Å². The molecule has 0 amide bonds.